The molecular weight excluding hydrogens is 328 g/mol. The molecular formula is C19H30N6O. The van der Waals surface area contributed by atoms with Gasteiger partial charge in [0.15, 0.2) is 0 Å². The number of nitrogens with two attached hydrogens (primary N) is 1. The summed E-state index contributed by atoms with van der Waals surface area (Å²) in [5, 5.41) is 15.2. The number of hydrogen-bond acceptors (Lipinski definition) is 7. The summed E-state index contributed by atoms with van der Waals surface area (Å²) < 4.78 is 5.43. The molecule has 3 rings (SSSR count). The maximum atomic E-state index is 8.67. The molecule has 1 aliphatic heterocycles. The molecule has 26 heavy (non-hydrogen) atoms. The Morgan fingerprint density at radius 1 is 1.23 bits per heavy atom. The highest BCUT2D eigenvalue weighted by molar-refractivity contribution is 6.22. The van der Waals surface area contributed by atoms with Gasteiger partial charge in [-0.15, -0.1) is 0 Å². The fourth-order valence-electron chi connectivity index (χ4n) is 3.66. The van der Waals surface area contributed by atoms with Crippen LogP contribution in [0.2, 0.25) is 0 Å². The molecule has 1 aliphatic carbocycles. The maximum absolute atomic E-state index is 8.67. The van der Waals surface area contributed by atoms with E-state index in [1.165, 1.54) is 0 Å². The molecule has 5 N–H and O–H groups in total. The Labute approximate surface area is 155 Å². The quantitative estimate of drug-likeness (QED) is 0.580. The van der Waals surface area contributed by atoms with Crippen LogP contribution in [0.4, 0.5) is 5.95 Å². The lowest BCUT2D eigenvalue weighted by atomic mass is 9.89. The topological polar surface area (TPSA) is 109 Å². The van der Waals surface area contributed by atoms with Crippen molar-refractivity contribution >= 4 is 17.2 Å². The maximum Gasteiger partial charge on any atom is 0.223 e. The van der Waals surface area contributed by atoms with Gasteiger partial charge in [-0.2, -0.15) is 0 Å². The Bertz CT molecular complexity index is 633. The van der Waals surface area contributed by atoms with Crippen molar-refractivity contribution in [3.8, 4) is 0 Å². The monoisotopic (exact) mass is 358 g/mol. The van der Waals surface area contributed by atoms with Gasteiger partial charge in [-0.25, -0.2) is 9.97 Å². The second-order valence-electron chi connectivity index (χ2n) is 7.17. The van der Waals surface area contributed by atoms with Crippen LogP contribution in [0.5, 0.6) is 0 Å². The summed E-state index contributed by atoms with van der Waals surface area (Å²) in [6, 6.07) is 2.57. The lowest BCUT2D eigenvalue weighted by molar-refractivity contribution is 0.0829. The van der Waals surface area contributed by atoms with Crippen molar-refractivity contribution in [3.63, 3.8) is 0 Å². The van der Waals surface area contributed by atoms with Gasteiger partial charge in [-0.3, -0.25) is 0 Å². The van der Waals surface area contributed by atoms with Crippen LogP contribution in [0.15, 0.2) is 18.5 Å². The molecule has 0 aromatic carbocycles. The molecule has 1 saturated carbocycles. The van der Waals surface area contributed by atoms with Gasteiger partial charge in [0, 0.05) is 61.9 Å². The van der Waals surface area contributed by atoms with Crippen molar-refractivity contribution in [2.24, 2.45) is 11.7 Å². The molecule has 1 saturated heterocycles. The second-order valence-corrected chi connectivity index (χ2v) is 7.17. The Morgan fingerprint density at radius 2 is 1.96 bits per heavy atom. The highest BCUT2D eigenvalue weighted by Crippen LogP contribution is 2.25. The van der Waals surface area contributed by atoms with E-state index in [-0.39, 0.29) is 5.92 Å². The number of nitrogens with one attached hydrogen (secondary N) is 3. The van der Waals surface area contributed by atoms with Crippen molar-refractivity contribution in [2.45, 2.75) is 50.6 Å². The van der Waals surface area contributed by atoms with Crippen molar-refractivity contribution in [1.82, 2.24) is 15.3 Å². The van der Waals surface area contributed by atoms with Crippen LogP contribution in [-0.2, 0) is 4.74 Å². The molecule has 2 heterocycles. The normalized spacial score (nSPS) is 24.9. The van der Waals surface area contributed by atoms with Crippen LogP contribution in [0.3, 0.4) is 0 Å². The minimum absolute atomic E-state index is 0.217. The summed E-state index contributed by atoms with van der Waals surface area (Å²) >= 11 is 0. The minimum atomic E-state index is 0.217. The lowest BCUT2D eigenvalue weighted by Crippen LogP contribution is -2.33. The van der Waals surface area contributed by atoms with Crippen molar-refractivity contribution in [2.75, 3.05) is 25.6 Å². The van der Waals surface area contributed by atoms with Crippen LogP contribution in [0.1, 0.15) is 44.2 Å². The van der Waals surface area contributed by atoms with Crippen molar-refractivity contribution in [3.05, 3.63) is 24.2 Å². The van der Waals surface area contributed by atoms with E-state index in [0.29, 0.717) is 23.7 Å². The fourth-order valence-corrected chi connectivity index (χ4v) is 3.66. The smallest absolute Gasteiger partial charge is 0.223 e. The fraction of sp³-hybridized carbons (Fsp3) is 0.632. The predicted octanol–water partition coefficient (Wildman–Crippen LogP) is 2.17. The number of hydrogen-bond donors (Lipinski definition) is 4. The van der Waals surface area contributed by atoms with E-state index in [1.807, 2.05) is 19.3 Å². The van der Waals surface area contributed by atoms with Crippen LogP contribution < -0.4 is 16.4 Å². The molecule has 1 aromatic heterocycles. The van der Waals surface area contributed by atoms with Crippen LogP contribution in [0, 0.1) is 11.3 Å². The number of nitrogens with zero attached hydrogens (tertiary/aromatic N) is 2. The Balaban J connectivity index is 1.73. The van der Waals surface area contributed by atoms with Gasteiger partial charge in [0.2, 0.25) is 5.95 Å². The summed E-state index contributed by atoms with van der Waals surface area (Å²) in [5.74, 6) is 0.847. The molecule has 142 valence electrons. The van der Waals surface area contributed by atoms with Gasteiger partial charge in [0.05, 0.1) is 5.69 Å². The van der Waals surface area contributed by atoms with Gasteiger partial charge < -0.3 is 26.5 Å². The first-order valence-corrected chi connectivity index (χ1v) is 9.57. The molecule has 2 fully saturated rings. The van der Waals surface area contributed by atoms with Crippen molar-refractivity contribution in [1.29, 1.82) is 5.41 Å². The second kappa shape index (κ2) is 9.09. The Kier molecular flexibility index (Phi) is 6.57. The SMILES string of the molecule is CN/C=C(\C(=N)C1CCOCC1)c1ccnc(N[C@H]2CC[C@H](N)CC2)n1. The van der Waals surface area contributed by atoms with E-state index in [0.717, 1.165) is 63.0 Å². The van der Waals surface area contributed by atoms with Crippen molar-refractivity contribution < 1.29 is 4.74 Å². The molecule has 0 radical (unpaired) electrons. The number of rotatable bonds is 6. The highest BCUT2D eigenvalue weighted by atomic mass is 16.5. The van der Waals surface area contributed by atoms with E-state index in [9.17, 15) is 0 Å². The third-order valence-corrected chi connectivity index (χ3v) is 5.24. The van der Waals surface area contributed by atoms with Crippen LogP contribution >= 0.6 is 0 Å². The van der Waals surface area contributed by atoms with E-state index in [1.54, 1.807) is 6.20 Å². The van der Waals surface area contributed by atoms with Gasteiger partial charge in [0.1, 0.15) is 0 Å². The highest BCUT2D eigenvalue weighted by Gasteiger charge is 2.24. The van der Waals surface area contributed by atoms with Crippen LogP contribution in [0.25, 0.3) is 5.57 Å². The number of ether oxygens (including phenoxy) is 1. The number of aromatic nitrogens is 2. The van der Waals surface area contributed by atoms with E-state index in [2.05, 4.69) is 20.6 Å². The standard InChI is InChI=1S/C19H30N6O/c1-22-12-16(18(21)13-7-10-26-11-8-13)17-6-9-23-19(25-17)24-15-4-2-14(20)3-5-15/h6,9,12-15,21-22H,2-5,7-8,10-11,20H2,1H3,(H,23,24,25)/b16-12-,21-18?/t14-,15-. The van der Waals surface area contributed by atoms with Gasteiger partial charge in [-0.05, 0) is 44.6 Å². The van der Waals surface area contributed by atoms with E-state index in [4.69, 9.17) is 15.9 Å². The summed E-state index contributed by atoms with van der Waals surface area (Å²) in [7, 11) is 1.85. The average Bonchev–Trinajstić information content (AvgIpc) is 2.68. The summed E-state index contributed by atoms with van der Waals surface area (Å²) in [4.78, 5) is 9.06. The number of anilines is 1. The molecule has 0 bridgehead atoms. The molecule has 0 atom stereocenters. The molecule has 7 heteroatoms. The average molecular weight is 358 g/mol. The zero-order chi connectivity index (χ0) is 18.4. The van der Waals surface area contributed by atoms with E-state index < -0.39 is 0 Å². The Morgan fingerprint density at radius 3 is 2.65 bits per heavy atom. The van der Waals surface area contributed by atoms with Gasteiger partial charge in [-0.1, -0.05) is 0 Å². The van der Waals surface area contributed by atoms with Crippen LogP contribution in [-0.4, -0.2) is 48.0 Å². The van der Waals surface area contributed by atoms with E-state index >= 15 is 0 Å². The summed E-state index contributed by atoms with van der Waals surface area (Å²) in [6.07, 6.45) is 9.57. The first-order chi connectivity index (χ1) is 12.7. The Hall–Kier alpha value is -1.99. The first kappa shape index (κ1) is 18.8. The molecule has 0 spiro atoms. The third-order valence-electron chi connectivity index (χ3n) is 5.24. The molecule has 1 aromatic rings. The molecule has 0 unspecified atom stereocenters. The zero-order valence-corrected chi connectivity index (χ0v) is 15.5. The summed E-state index contributed by atoms with van der Waals surface area (Å²) in [5.41, 5.74) is 8.21. The lowest BCUT2D eigenvalue weighted by Gasteiger charge is -2.27. The minimum Gasteiger partial charge on any atom is -0.393 e. The third kappa shape index (κ3) is 4.80. The largest absolute Gasteiger partial charge is 0.393 e. The predicted molar refractivity (Wildman–Crippen MR) is 104 cm³/mol. The molecule has 2 aliphatic rings. The summed E-state index contributed by atoms with van der Waals surface area (Å²) in [6.45, 7) is 1.44. The molecule has 7 nitrogen and oxygen atoms in total. The van der Waals surface area contributed by atoms with Gasteiger partial charge in [0.25, 0.3) is 0 Å². The number of allylic oxidation sites excluding steroid dienone is 1. The zero-order valence-electron chi connectivity index (χ0n) is 15.5. The molecule has 0 amide bonds. The first-order valence-electron chi connectivity index (χ1n) is 9.57. The van der Waals surface area contributed by atoms with Gasteiger partial charge >= 0.3 is 0 Å².